The third-order valence-electron chi connectivity index (χ3n) is 5.20. The summed E-state index contributed by atoms with van der Waals surface area (Å²) in [5, 5.41) is 0. The maximum Gasteiger partial charge on any atom is 0.307 e. The summed E-state index contributed by atoms with van der Waals surface area (Å²) >= 11 is 7.24. The average molecular weight is 499 g/mol. The van der Waals surface area contributed by atoms with Crippen molar-refractivity contribution >= 4 is 28.9 Å². The van der Waals surface area contributed by atoms with E-state index in [2.05, 4.69) is 20.8 Å². The van der Waals surface area contributed by atoms with Crippen molar-refractivity contribution in [2.24, 2.45) is 0 Å². The second-order valence-corrected chi connectivity index (χ2v) is 14.6. The lowest BCUT2D eigenvalue weighted by atomic mass is 10.1. The molecular weight excluding hydrogens is 447 g/mol. The molecule has 7 heteroatoms. The molecule has 0 aliphatic carbocycles. The van der Waals surface area contributed by atoms with Crippen molar-refractivity contribution in [1.82, 2.24) is 0 Å². The Morgan fingerprint density at radius 2 is 0.871 bits per heavy atom. The summed E-state index contributed by atoms with van der Waals surface area (Å²) in [7, 11) is 0. The van der Waals surface area contributed by atoms with E-state index in [4.69, 9.17) is 30.9 Å². The molecule has 4 nitrogen and oxygen atoms in total. The van der Waals surface area contributed by atoms with Crippen LogP contribution in [-0.4, -0.2) is 19.0 Å². The van der Waals surface area contributed by atoms with Crippen LogP contribution in [0, 0.1) is 0 Å². The standard InChI is InChI=1S/C24H51O4PS2/c1-4-7-10-13-16-19-22-25-27-29(30,31-24-21-18-15-12-9-6-3)28-26-23-20-17-14-11-8-5-2/h4-24H2,1-3H3. The largest absolute Gasteiger partial charge is 0.307 e. The highest BCUT2D eigenvalue weighted by Crippen LogP contribution is 2.61. The van der Waals surface area contributed by atoms with Crippen molar-refractivity contribution in [3.05, 3.63) is 0 Å². The quantitative estimate of drug-likeness (QED) is 0.0511. The van der Waals surface area contributed by atoms with E-state index in [1.54, 1.807) is 11.4 Å². The van der Waals surface area contributed by atoms with Gasteiger partial charge in [-0.3, -0.25) is 0 Å². The first-order valence-electron chi connectivity index (χ1n) is 13.1. The van der Waals surface area contributed by atoms with Gasteiger partial charge in [-0.15, -0.1) is 0 Å². The Morgan fingerprint density at radius 1 is 0.516 bits per heavy atom. The second kappa shape index (κ2) is 25.5. The molecule has 0 unspecified atom stereocenters. The molecule has 0 saturated heterocycles. The molecule has 31 heavy (non-hydrogen) atoms. The molecule has 0 aliphatic heterocycles. The van der Waals surface area contributed by atoms with Crippen molar-refractivity contribution in [1.29, 1.82) is 0 Å². The highest BCUT2D eigenvalue weighted by Gasteiger charge is 2.23. The molecule has 0 aliphatic rings. The molecule has 0 aromatic rings. The minimum absolute atomic E-state index is 0.572. The van der Waals surface area contributed by atoms with Gasteiger partial charge in [0.1, 0.15) is 0 Å². The van der Waals surface area contributed by atoms with E-state index in [-0.39, 0.29) is 0 Å². The van der Waals surface area contributed by atoms with Crippen molar-refractivity contribution in [2.75, 3.05) is 19.0 Å². The molecular formula is C24H51O4PS2. The first-order valence-corrected chi connectivity index (χ1v) is 17.3. The van der Waals surface area contributed by atoms with E-state index in [0.29, 0.717) is 13.2 Å². The normalized spacial score (nSPS) is 12.0. The van der Waals surface area contributed by atoms with Crippen LogP contribution in [0.3, 0.4) is 0 Å². The second-order valence-electron chi connectivity index (χ2n) is 8.38. The Labute approximate surface area is 203 Å². The third-order valence-corrected chi connectivity index (χ3v) is 9.74. The Balaban J connectivity index is 4.05. The summed E-state index contributed by atoms with van der Waals surface area (Å²) < 4.78 is 11.2. The Hall–Kier alpha value is 0.840. The zero-order chi connectivity index (χ0) is 22.9. The van der Waals surface area contributed by atoms with E-state index in [1.807, 2.05) is 0 Å². The average Bonchev–Trinajstić information content (AvgIpc) is 2.77. The Kier molecular flexibility index (Phi) is 26.2. The molecule has 0 amide bonds. The van der Waals surface area contributed by atoms with Gasteiger partial charge in [0.15, 0.2) is 0 Å². The molecule has 0 radical (unpaired) electrons. The summed E-state index contributed by atoms with van der Waals surface area (Å²) in [5.74, 6) is 0.935. The maximum atomic E-state index is 5.67. The lowest BCUT2D eigenvalue weighted by Gasteiger charge is -2.19. The Bertz CT molecular complexity index is 376. The summed E-state index contributed by atoms with van der Waals surface area (Å²) in [6.07, 6.45) is 22.2. The zero-order valence-corrected chi connectivity index (χ0v) is 23.3. The molecule has 0 aromatic carbocycles. The van der Waals surface area contributed by atoms with Gasteiger partial charge in [-0.05, 0) is 31.1 Å². The van der Waals surface area contributed by atoms with Gasteiger partial charge in [-0.1, -0.05) is 128 Å². The fourth-order valence-corrected chi connectivity index (χ4v) is 6.78. The molecule has 0 atom stereocenters. The summed E-state index contributed by atoms with van der Waals surface area (Å²) in [6, 6.07) is 0. The molecule has 0 fully saturated rings. The molecule has 0 spiro atoms. The van der Waals surface area contributed by atoms with Gasteiger partial charge in [0.2, 0.25) is 0 Å². The highest BCUT2D eigenvalue weighted by molar-refractivity contribution is 8.67. The number of hydrogen-bond donors (Lipinski definition) is 0. The van der Waals surface area contributed by atoms with E-state index >= 15 is 0 Å². The summed E-state index contributed by atoms with van der Waals surface area (Å²) in [6.45, 7) is 7.87. The smallest absolute Gasteiger partial charge is 0.229 e. The highest BCUT2D eigenvalue weighted by atomic mass is 32.9. The SMILES string of the molecule is CCCCCCCCOOP(=S)(OOCCCCCCCC)SCCCCCCCC. The third kappa shape index (κ3) is 23.8. The van der Waals surface area contributed by atoms with Gasteiger partial charge in [0, 0.05) is 5.75 Å². The van der Waals surface area contributed by atoms with Crippen molar-refractivity contribution in [2.45, 2.75) is 136 Å². The fourth-order valence-electron chi connectivity index (χ4n) is 3.20. The van der Waals surface area contributed by atoms with E-state index in [9.17, 15) is 0 Å². The molecule has 0 N–H and O–H groups in total. The molecule has 0 heterocycles. The van der Waals surface area contributed by atoms with Crippen LogP contribution in [0.4, 0.5) is 0 Å². The van der Waals surface area contributed by atoms with Crippen LogP contribution in [-0.2, 0) is 30.9 Å². The first kappa shape index (κ1) is 31.8. The van der Waals surface area contributed by atoms with Gasteiger partial charge < -0.3 is 0 Å². The van der Waals surface area contributed by atoms with Crippen LogP contribution in [0.1, 0.15) is 136 Å². The van der Waals surface area contributed by atoms with Crippen LogP contribution in [0.2, 0.25) is 0 Å². The van der Waals surface area contributed by atoms with Gasteiger partial charge in [0.25, 0.3) is 0 Å². The molecule has 0 saturated carbocycles. The monoisotopic (exact) mass is 498 g/mol. The van der Waals surface area contributed by atoms with Gasteiger partial charge in [-0.2, -0.15) is 9.35 Å². The topological polar surface area (TPSA) is 36.9 Å². The first-order chi connectivity index (χ1) is 15.2. The predicted octanol–water partition coefficient (Wildman–Crippen LogP) is 9.92. The molecule has 0 rings (SSSR count). The van der Waals surface area contributed by atoms with E-state index < -0.39 is 5.69 Å². The van der Waals surface area contributed by atoms with Crippen molar-refractivity contribution in [3.63, 3.8) is 0 Å². The van der Waals surface area contributed by atoms with Crippen LogP contribution >= 0.6 is 17.1 Å². The van der Waals surface area contributed by atoms with Crippen molar-refractivity contribution < 1.29 is 19.1 Å². The lowest BCUT2D eigenvalue weighted by molar-refractivity contribution is -0.253. The van der Waals surface area contributed by atoms with E-state index in [1.165, 1.54) is 96.3 Å². The predicted molar refractivity (Wildman–Crippen MR) is 141 cm³/mol. The number of unbranched alkanes of at least 4 members (excludes halogenated alkanes) is 15. The maximum absolute atomic E-state index is 5.67. The minimum Gasteiger partial charge on any atom is -0.229 e. The zero-order valence-electron chi connectivity index (χ0n) is 20.7. The molecule has 0 bridgehead atoms. The van der Waals surface area contributed by atoms with Crippen LogP contribution in [0.15, 0.2) is 0 Å². The van der Waals surface area contributed by atoms with Crippen molar-refractivity contribution in [3.8, 4) is 0 Å². The number of hydrogen-bond acceptors (Lipinski definition) is 6. The lowest BCUT2D eigenvalue weighted by Crippen LogP contribution is -2.00. The Morgan fingerprint density at radius 3 is 1.29 bits per heavy atom. The molecule has 0 aromatic heterocycles. The van der Waals surface area contributed by atoms with Crippen LogP contribution in [0.25, 0.3) is 0 Å². The summed E-state index contributed by atoms with van der Waals surface area (Å²) in [5.41, 5.74) is -2.61. The fraction of sp³-hybridized carbons (Fsp3) is 1.00. The van der Waals surface area contributed by atoms with Crippen LogP contribution < -0.4 is 0 Å². The van der Waals surface area contributed by atoms with Crippen LogP contribution in [0.5, 0.6) is 0 Å². The van der Waals surface area contributed by atoms with E-state index in [0.717, 1.165) is 25.0 Å². The molecule has 188 valence electrons. The van der Waals surface area contributed by atoms with Gasteiger partial charge in [-0.25, -0.2) is 9.78 Å². The van der Waals surface area contributed by atoms with Gasteiger partial charge in [0.05, 0.1) is 13.2 Å². The minimum atomic E-state index is -2.61. The van der Waals surface area contributed by atoms with Gasteiger partial charge >= 0.3 is 5.69 Å². The number of rotatable bonds is 26. The summed E-state index contributed by atoms with van der Waals surface area (Å²) in [4.78, 5) is 10.9.